The Balaban J connectivity index is 1.40. The molecule has 5 rings (SSSR count). The van der Waals surface area contributed by atoms with Gasteiger partial charge in [-0.05, 0) is 117 Å². The zero-order valence-electron chi connectivity index (χ0n) is 27.5. The van der Waals surface area contributed by atoms with Gasteiger partial charge in [-0.3, -0.25) is 0 Å². The Morgan fingerprint density at radius 2 is 1.59 bits per heavy atom. The van der Waals surface area contributed by atoms with Crippen LogP contribution in [-0.4, -0.2) is 77.5 Å². The summed E-state index contributed by atoms with van der Waals surface area (Å²) in [5.74, 6) is 1.60. The van der Waals surface area contributed by atoms with Crippen molar-refractivity contribution in [3.05, 3.63) is 0 Å². The first-order chi connectivity index (χ1) is 18.8. The average molecular weight is 578 g/mol. The molecule has 5 aliphatic carbocycles. The molecule has 1 amide bonds. The van der Waals surface area contributed by atoms with Gasteiger partial charge < -0.3 is 29.7 Å². The molecule has 3 N–H and O–H groups in total. The van der Waals surface area contributed by atoms with Crippen molar-refractivity contribution < 1.29 is 29.6 Å². The van der Waals surface area contributed by atoms with Gasteiger partial charge in [-0.1, -0.05) is 34.6 Å². The van der Waals surface area contributed by atoms with E-state index in [-0.39, 0.29) is 34.4 Å². The van der Waals surface area contributed by atoms with E-state index in [1.54, 1.807) is 35.1 Å². The first-order valence-electron chi connectivity index (χ1n) is 16.3. The summed E-state index contributed by atoms with van der Waals surface area (Å²) in [4.78, 5) is 13.9. The van der Waals surface area contributed by atoms with Crippen molar-refractivity contribution >= 4 is 6.09 Å². The number of hydrogen-bond acceptors (Lipinski definition) is 6. The normalized spacial score (nSPS) is 46.7. The molecule has 7 heteroatoms. The van der Waals surface area contributed by atoms with E-state index in [1.807, 2.05) is 0 Å². The molecule has 7 nitrogen and oxygen atoms in total. The number of methoxy groups -OCH3 is 1. The quantitative estimate of drug-likeness (QED) is 0.362. The summed E-state index contributed by atoms with van der Waals surface area (Å²) < 4.78 is 11.7. The molecule has 2 spiro atoms. The number of nitrogens with zero attached hydrogens (tertiary/aromatic N) is 1. The maximum atomic E-state index is 12.5. The lowest BCUT2D eigenvalue weighted by molar-refractivity contribution is -0.183. The highest BCUT2D eigenvalue weighted by molar-refractivity contribution is 5.67. The monoisotopic (exact) mass is 577 g/mol. The van der Waals surface area contributed by atoms with E-state index < -0.39 is 23.9 Å². The summed E-state index contributed by atoms with van der Waals surface area (Å²) in [5, 5.41) is 33.9. The molecule has 0 aromatic heterocycles. The third-order valence-corrected chi connectivity index (χ3v) is 14.4. The van der Waals surface area contributed by atoms with Crippen molar-refractivity contribution in [1.29, 1.82) is 0 Å². The fourth-order valence-electron chi connectivity index (χ4n) is 12.0. The number of aliphatic hydroxyl groups is 3. The van der Waals surface area contributed by atoms with Crippen LogP contribution in [0.25, 0.3) is 0 Å². The van der Waals surface area contributed by atoms with Gasteiger partial charge in [0, 0.05) is 26.6 Å². The van der Waals surface area contributed by atoms with Gasteiger partial charge in [0.1, 0.15) is 0 Å². The number of amides is 1. The van der Waals surface area contributed by atoms with Crippen LogP contribution in [0.5, 0.6) is 0 Å². The van der Waals surface area contributed by atoms with Crippen LogP contribution in [0.3, 0.4) is 0 Å². The predicted molar refractivity (Wildman–Crippen MR) is 159 cm³/mol. The van der Waals surface area contributed by atoms with Crippen molar-refractivity contribution in [3.63, 3.8) is 0 Å². The minimum absolute atomic E-state index is 0.00903. The first-order valence-corrected chi connectivity index (χ1v) is 16.3. The van der Waals surface area contributed by atoms with Crippen LogP contribution in [0.4, 0.5) is 4.79 Å². The van der Waals surface area contributed by atoms with Crippen molar-refractivity contribution in [3.8, 4) is 0 Å². The van der Waals surface area contributed by atoms with Crippen molar-refractivity contribution in [2.75, 3.05) is 21.2 Å². The number of carbonyl (C=O) groups is 1. The predicted octanol–water partition coefficient (Wildman–Crippen LogP) is 5.64. The molecule has 0 bridgehead atoms. The molecular formula is C34H59NO6. The van der Waals surface area contributed by atoms with Crippen LogP contribution >= 0.6 is 0 Å². The van der Waals surface area contributed by atoms with Gasteiger partial charge in [0.25, 0.3) is 0 Å². The highest BCUT2D eigenvalue weighted by Crippen LogP contribution is 2.89. The van der Waals surface area contributed by atoms with E-state index in [4.69, 9.17) is 9.47 Å². The highest BCUT2D eigenvalue weighted by Gasteiger charge is 2.83. The Hall–Kier alpha value is -0.890. The molecule has 0 saturated heterocycles. The maximum Gasteiger partial charge on any atom is 0.409 e. The van der Waals surface area contributed by atoms with Gasteiger partial charge >= 0.3 is 6.09 Å². The Labute approximate surface area is 248 Å². The molecule has 0 heterocycles. The molecule has 5 fully saturated rings. The van der Waals surface area contributed by atoms with Gasteiger partial charge in [0.2, 0.25) is 0 Å². The number of fused-ring (bicyclic) bond motifs is 2. The molecule has 236 valence electrons. The molecule has 5 aliphatic rings. The zero-order valence-corrected chi connectivity index (χ0v) is 27.5. The largest absolute Gasteiger partial charge is 0.440 e. The van der Waals surface area contributed by atoms with E-state index >= 15 is 0 Å². The van der Waals surface area contributed by atoms with Crippen LogP contribution in [0, 0.1) is 50.7 Å². The Morgan fingerprint density at radius 1 is 0.976 bits per heavy atom. The van der Waals surface area contributed by atoms with E-state index in [0.717, 1.165) is 38.5 Å². The van der Waals surface area contributed by atoms with Gasteiger partial charge in [0.15, 0.2) is 6.10 Å². The Morgan fingerprint density at radius 3 is 2.17 bits per heavy atom. The summed E-state index contributed by atoms with van der Waals surface area (Å²) in [5.41, 5.74) is -0.829. The Kier molecular flexibility index (Phi) is 7.54. The van der Waals surface area contributed by atoms with E-state index in [9.17, 15) is 20.1 Å². The molecule has 0 aromatic rings. The van der Waals surface area contributed by atoms with Gasteiger partial charge in [-0.2, -0.15) is 0 Å². The maximum absolute atomic E-state index is 12.5. The molecular weight excluding hydrogens is 518 g/mol. The fourth-order valence-corrected chi connectivity index (χ4v) is 12.0. The minimum atomic E-state index is -1.27. The SMILES string of the molecule is COC(C[C@@H](C)[C@H]1C[C@H](O)[C@@]2(C)C3CC[C@H]4C(C)(C)C(O)CCC45CC35CCC12C)C(OC(=O)N(C)C)C(C)(C)O. The lowest BCUT2D eigenvalue weighted by Gasteiger charge is -2.63. The number of ether oxygens (including phenoxy) is 2. The van der Waals surface area contributed by atoms with Crippen LogP contribution in [0.15, 0.2) is 0 Å². The summed E-state index contributed by atoms with van der Waals surface area (Å²) in [6.45, 7) is 15.1. The summed E-state index contributed by atoms with van der Waals surface area (Å²) in [6, 6.07) is 0. The third kappa shape index (κ3) is 4.21. The smallest absolute Gasteiger partial charge is 0.409 e. The molecule has 5 saturated carbocycles. The number of rotatable bonds is 7. The second kappa shape index (κ2) is 9.81. The van der Waals surface area contributed by atoms with Crippen molar-refractivity contribution in [1.82, 2.24) is 4.90 Å². The first kappa shape index (κ1) is 31.5. The molecule has 7 unspecified atom stereocenters. The van der Waals surface area contributed by atoms with Gasteiger partial charge in [0.05, 0.1) is 23.9 Å². The van der Waals surface area contributed by atoms with Gasteiger partial charge in [-0.25, -0.2) is 4.79 Å². The number of hydrogen-bond donors (Lipinski definition) is 3. The minimum Gasteiger partial charge on any atom is -0.440 e. The lowest BCUT2D eigenvalue weighted by Crippen LogP contribution is -2.59. The molecule has 41 heavy (non-hydrogen) atoms. The Bertz CT molecular complexity index is 1020. The lowest BCUT2D eigenvalue weighted by atomic mass is 9.41. The van der Waals surface area contributed by atoms with E-state index in [2.05, 4.69) is 34.6 Å². The number of carbonyl (C=O) groups excluding carboxylic acids is 1. The van der Waals surface area contributed by atoms with Crippen LogP contribution in [0.2, 0.25) is 0 Å². The van der Waals surface area contributed by atoms with Crippen LogP contribution in [0.1, 0.15) is 106 Å². The van der Waals surface area contributed by atoms with Crippen molar-refractivity contribution in [2.24, 2.45) is 50.7 Å². The summed E-state index contributed by atoms with van der Waals surface area (Å²) >= 11 is 0. The summed E-state index contributed by atoms with van der Waals surface area (Å²) in [7, 11) is 4.91. The summed E-state index contributed by atoms with van der Waals surface area (Å²) in [6.07, 6.45) is 7.07. The second-order valence-electron chi connectivity index (χ2n) is 16.9. The fraction of sp³-hybridized carbons (Fsp3) is 0.971. The standard InChI is InChI=1S/C34H59NO6/c1-20(17-22(40-10)27(30(4,5)39)41-28(38)35(8)9)21-18-26(37)32(7)24-12-11-23-29(2,3)25(36)13-14-33(23)19-34(24,33)16-15-31(21,32)6/h20-27,36-37,39H,11-19H2,1-10H3/t20-,21-,22?,23+,24?,25?,26+,27?,31?,32-,33?,34?/m1/s1. The van der Waals surface area contributed by atoms with Gasteiger partial charge in [-0.15, -0.1) is 0 Å². The highest BCUT2D eigenvalue weighted by atomic mass is 16.6. The molecule has 0 radical (unpaired) electrons. The van der Waals surface area contributed by atoms with E-state index in [0.29, 0.717) is 35.0 Å². The van der Waals surface area contributed by atoms with Crippen LogP contribution < -0.4 is 0 Å². The number of aliphatic hydroxyl groups excluding tert-OH is 2. The molecule has 12 atom stereocenters. The van der Waals surface area contributed by atoms with Crippen LogP contribution in [-0.2, 0) is 9.47 Å². The van der Waals surface area contributed by atoms with Crippen molar-refractivity contribution in [2.45, 2.75) is 136 Å². The topological polar surface area (TPSA) is 99.5 Å². The third-order valence-electron chi connectivity index (χ3n) is 14.4. The zero-order chi connectivity index (χ0) is 30.6. The molecule has 0 aromatic carbocycles. The second-order valence-corrected chi connectivity index (χ2v) is 16.9. The average Bonchev–Trinajstić information content (AvgIpc) is 3.50. The van der Waals surface area contributed by atoms with E-state index in [1.165, 1.54) is 17.7 Å². The molecule has 0 aliphatic heterocycles.